The van der Waals surface area contributed by atoms with Gasteiger partial charge < -0.3 is 10.2 Å². The van der Waals surface area contributed by atoms with E-state index >= 15 is 0 Å². The molecular weight excluding hydrogens is 208 g/mol. The van der Waals surface area contributed by atoms with Crippen LogP contribution in [0.25, 0.3) is 0 Å². The van der Waals surface area contributed by atoms with Gasteiger partial charge in [-0.25, -0.2) is 0 Å². The first-order valence-electron chi connectivity index (χ1n) is 6.77. The number of fused-ring (bicyclic) bond motifs is 1. The maximum absolute atomic E-state index is 3.67. The van der Waals surface area contributed by atoms with Gasteiger partial charge in [-0.3, -0.25) is 0 Å². The highest BCUT2D eigenvalue weighted by Gasteiger charge is 2.46. The molecule has 1 aromatic carbocycles. The number of nitrogens with zero attached hydrogens (tertiary/aromatic N) is 1. The standard InChI is InChI=1S/C15H22N2/c1-11(2)17-13-7-4-6-12(3)14(13)16-10-15(17)8-5-9-15/h4,6-7,11,16H,5,8-10H2,1-3H3. The number of hydrogen-bond donors (Lipinski definition) is 1. The maximum Gasteiger partial charge on any atom is 0.0612 e. The normalized spacial score (nSPS) is 21.1. The second kappa shape index (κ2) is 3.66. The SMILES string of the molecule is Cc1cccc2c1NCC1(CCC1)N2C(C)C. The van der Waals surface area contributed by atoms with Gasteiger partial charge in [0, 0.05) is 12.6 Å². The topological polar surface area (TPSA) is 15.3 Å². The average Bonchev–Trinajstić information content (AvgIpc) is 2.25. The monoisotopic (exact) mass is 230 g/mol. The highest BCUT2D eigenvalue weighted by Crippen LogP contribution is 2.47. The second-order valence-electron chi connectivity index (χ2n) is 5.86. The molecule has 17 heavy (non-hydrogen) atoms. The fraction of sp³-hybridized carbons (Fsp3) is 0.600. The van der Waals surface area contributed by atoms with E-state index in [9.17, 15) is 0 Å². The Hall–Kier alpha value is -1.18. The fourth-order valence-corrected chi connectivity index (χ4v) is 3.51. The first-order chi connectivity index (χ1) is 8.14. The summed E-state index contributed by atoms with van der Waals surface area (Å²) in [6.45, 7) is 7.95. The summed E-state index contributed by atoms with van der Waals surface area (Å²) in [6.07, 6.45) is 4.06. The molecule has 1 aliphatic heterocycles. The number of nitrogens with one attached hydrogen (secondary N) is 1. The molecule has 1 aromatic rings. The Morgan fingerprint density at radius 2 is 2.06 bits per heavy atom. The summed E-state index contributed by atoms with van der Waals surface area (Å²) >= 11 is 0. The highest BCUT2D eigenvalue weighted by molar-refractivity contribution is 5.77. The van der Waals surface area contributed by atoms with E-state index in [2.05, 4.69) is 49.2 Å². The van der Waals surface area contributed by atoms with E-state index in [1.54, 1.807) is 0 Å². The molecule has 0 atom stereocenters. The van der Waals surface area contributed by atoms with Crippen LogP contribution in [0.15, 0.2) is 18.2 Å². The molecule has 92 valence electrons. The van der Waals surface area contributed by atoms with Crippen LogP contribution >= 0.6 is 0 Å². The largest absolute Gasteiger partial charge is 0.381 e. The number of anilines is 2. The summed E-state index contributed by atoms with van der Waals surface area (Å²) in [4.78, 5) is 2.66. The first kappa shape index (κ1) is 10.9. The van der Waals surface area contributed by atoms with E-state index in [-0.39, 0.29) is 0 Å². The van der Waals surface area contributed by atoms with Crippen LogP contribution in [0, 0.1) is 6.92 Å². The zero-order chi connectivity index (χ0) is 12.0. The summed E-state index contributed by atoms with van der Waals surface area (Å²) in [5.74, 6) is 0. The zero-order valence-electron chi connectivity index (χ0n) is 11.1. The third kappa shape index (κ3) is 1.46. The van der Waals surface area contributed by atoms with Gasteiger partial charge in [-0.15, -0.1) is 0 Å². The lowest BCUT2D eigenvalue weighted by molar-refractivity contribution is 0.226. The summed E-state index contributed by atoms with van der Waals surface area (Å²) in [5, 5.41) is 3.67. The van der Waals surface area contributed by atoms with Crippen LogP contribution in [0.2, 0.25) is 0 Å². The van der Waals surface area contributed by atoms with Crippen LogP contribution in [-0.4, -0.2) is 18.1 Å². The molecule has 2 nitrogen and oxygen atoms in total. The van der Waals surface area contributed by atoms with Crippen molar-refractivity contribution in [3.05, 3.63) is 23.8 Å². The van der Waals surface area contributed by atoms with E-state index in [0.717, 1.165) is 6.54 Å². The van der Waals surface area contributed by atoms with Gasteiger partial charge in [0.15, 0.2) is 0 Å². The van der Waals surface area contributed by atoms with Crippen molar-refractivity contribution in [2.24, 2.45) is 0 Å². The lowest BCUT2D eigenvalue weighted by Crippen LogP contribution is -2.62. The van der Waals surface area contributed by atoms with Gasteiger partial charge in [0.25, 0.3) is 0 Å². The summed E-state index contributed by atoms with van der Waals surface area (Å²) in [6, 6.07) is 7.23. The Morgan fingerprint density at radius 1 is 1.29 bits per heavy atom. The van der Waals surface area contributed by atoms with Crippen molar-refractivity contribution in [3.8, 4) is 0 Å². The summed E-state index contributed by atoms with van der Waals surface area (Å²) < 4.78 is 0. The molecule has 0 bridgehead atoms. The van der Waals surface area contributed by atoms with Crippen molar-refractivity contribution in [1.82, 2.24) is 0 Å². The maximum atomic E-state index is 3.67. The first-order valence-corrected chi connectivity index (χ1v) is 6.77. The van der Waals surface area contributed by atoms with Gasteiger partial charge in [-0.2, -0.15) is 0 Å². The van der Waals surface area contributed by atoms with Crippen LogP contribution in [0.4, 0.5) is 11.4 Å². The number of benzene rings is 1. The molecule has 1 aliphatic carbocycles. The Kier molecular flexibility index (Phi) is 2.35. The molecule has 1 saturated carbocycles. The molecule has 0 saturated heterocycles. The van der Waals surface area contributed by atoms with Crippen LogP contribution < -0.4 is 10.2 Å². The predicted octanol–water partition coefficient (Wildman–Crippen LogP) is 3.56. The molecular formula is C15H22N2. The molecule has 1 fully saturated rings. The number of rotatable bonds is 1. The molecule has 1 heterocycles. The molecule has 2 heteroatoms. The minimum Gasteiger partial charge on any atom is -0.381 e. The van der Waals surface area contributed by atoms with Crippen molar-refractivity contribution in [3.63, 3.8) is 0 Å². The van der Waals surface area contributed by atoms with Crippen LogP contribution in [0.1, 0.15) is 38.7 Å². The fourth-order valence-electron chi connectivity index (χ4n) is 3.51. The van der Waals surface area contributed by atoms with Gasteiger partial charge in [-0.05, 0) is 51.7 Å². The van der Waals surface area contributed by atoms with Gasteiger partial charge in [0.05, 0.1) is 16.9 Å². The lowest BCUT2D eigenvalue weighted by atomic mass is 9.73. The molecule has 0 unspecified atom stereocenters. The van der Waals surface area contributed by atoms with Gasteiger partial charge in [0.1, 0.15) is 0 Å². The molecule has 3 rings (SSSR count). The lowest BCUT2D eigenvalue weighted by Gasteiger charge is -2.57. The Balaban J connectivity index is 2.10. The Bertz CT molecular complexity index is 433. The van der Waals surface area contributed by atoms with E-state index in [1.165, 1.54) is 36.2 Å². The van der Waals surface area contributed by atoms with Crippen molar-refractivity contribution in [2.45, 2.75) is 51.6 Å². The second-order valence-corrected chi connectivity index (χ2v) is 5.86. The van der Waals surface area contributed by atoms with E-state index in [4.69, 9.17) is 0 Å². The smallest absolute Gasteiger partial charge is 0.0612 e. The molecule has 1 spiro atoms. The van der Waals surface area contributed by atoms with E-state index in [1.807, 2.05) is 0 Å². The Morgan fingerprint density at radius 3 is 2.65 bits per heavy atom. The molecule has 0 aromatic heterocycles. The van der Waals surface area contributed by atoms with Crippen molar-refractivity contribution >= 4 is 11.4 Å². The van der Waals surface area contributed by atoms with E-state index < -0.39 is 0 Å². The van der Waals surface area contributed by atoms with Crippen molar-refractivity contribution in [2.75, 3.05) is 16.8 Å². The minimum absolute atomic E-state index is 0.398. The van der Waals surface area contributed by atoms with Gasteiger partial charge >= 0.3 is 0 Å². The third-order valence-corrected chi connectivity index (χ3v) is 4.42. The molecule has 1 N–H and O–H groups in total. The molecule has 2 aliphatic rings. The number of hydrogen-bond acceptors (Lipinski definition) is 2. The minimum atomic E-state index is 0.398. The van der Waals surface area contributed by atoms with Crippen LogP contribution in [0.5, 0.6) is 0 Å². The van der Waals surface area contributed by atoms with Gasteiger partial charge in [-0.1, -0.05) is 12.1 Å². The average molecular weight is 230 g/mol. The van der Waals surface area contributed by atoms with Crippen LogP contribution in [0.3, 0.4) is 0 Å². The number of para-hydroxylation sites is 1. The van der Waals surface area contributed by atoms with Crippen LogP contribution in [-0.2, 0) is 0 Å². The third-order valence-electron chi connectivity index (χ3n) is 4.42. The molecule has 0 radical (unpaired) electrons. The van der Waals surface area contributed by atoms with E-state index in [0.29, 0.717) is 11.6 Å². The van der Waals surface area contributed by atoms with Crippen molar-refractivity contribution < 1.29 is 0 Å². The van der Waals surface area contributed by atoms with Gasteiger partial charge in [0.2, 0.25) is 0 Å². The van der Waals surface area contributed by atoms with Crippen molar-refractivity contribution in [1.29, 1.82) is 0 Å². The highest BCUT2D eigenvalue weighted by atomic mass is 15.3. The zero-order valence-corrected chi connectivity index (χ0v) is 11.1. The predicted molar refractivity (Wildman–Crippen MR) is 73.9 cm³/mol. The summed E-state index contributed by atoms with van der Waals surface area (Å²) in [5.41, 5.74) is 4.52. The quantitative estimate of drug-likeness (QED) is 0.793. The number of aryl methyl sites for hydroxylation is 1. The molecule has 0 amide bonds. The summed E-state index contributed by atoms with van der Waals surface area (Å²) in [7, 11) is 0. The Labute approximate surface area is 104 Å².